The van der Waals surface area contributed by atoms with Crippen molar-refractivity contribution in [1.29, 1.82) is 0 Å². The van der Waals surface area contributed by atoms with Crippen LogP contribution in [0.3, 0.4) is 0 Å². The number of rotatable bonds is 8. The Balaban J connectivity index is 1.76. The first-order valence-electron chi connectivity index (χ1n) is 9.77. The Kier molecular flexibility index (Phi) is 7.64. The predicted octanol–water partition coefficient (Wildman–Crippen LogP) is 2.77. The molecule has 0 saturated heterocycles. The highest BCUT2D eigenvalue weighted by atomic mass is 16.2. The summed E-state index contributed by atoms with van der Waals surface area (Å²) in [5.41, 5.74) is 7.91. The molecule has 1 aliphatic rings. The Morgan fingerprint density at radius 3 is 2.58 bits per heavy atom. The third-order valence-corrected chi connectivity index (χ3v) is 5.39. The van der Waals surface area contributed by atoms with Crippen LogP contribution in [0.5, 0.6) is 0 Å². The van der Waals surface area contributed by atoms with Crippen molar-refractivity contribution in [2.75, 3.05) is 6.54 Å². The second kappa shape index (κ2) is 9.72. The zero-order valence-corrected chi connectivity index (χ0v) is 16.3. The van der Waals surface area contributed by atoms with E-state index in [9.17, 15) is 9.59 Å². The van der Waals surface area contributed by atoms with Crippen LogP contribution in [0.25, 0.3) is 0 Å². The van der Waals surface area contributed by atoms with Crippen LogP contribution in [0, 0.1) is 18.8 Å². The summed E-state index contributed by atoms with van der Waals surface area (Å²) < 4.78 is 0. The van der Waals surface area contributed by atoms with E-state index < -0.39 is 0 Å². The number of nitrogens with two attached hydrogens (primary N) is 1. The lowest BCUT2D eigenvalue weighted by Crippen LogP contribution is -2.47. The van der Waals surface area contributed by atoms with Crippen LogP contribution in [0.4, 0.5) is 0 Å². The molecule has 4 N–H and O–H groups in total. The van der Waals surface area contributed by atoms with E-state index in [-0.39, 0.29) is 29.8 Å². The summed E-state index contributed by atoms with van der Waals surface area (Å²) in [4.78, 5) is 24.6. The molecule has 5 nitrogen and oxygen atoms in total. The molecule has 3 atom stereocenters. The number of amides is 2. The summed E-state index contributed by atoms with van der Waals surface area (Å²) in [6.45, 7) is 6.52. The van der Waals surface area contributed by atoms with Gasteiger partial charge in [0.1, 0.15) is 0 Å². The van der Waals surface area contributed by atoms with Crippen LogP contribution in [0.1, 0.15) is 61.9 Å². The first kappa shape index (κ1) is 20.4. The lowest BCUT2D eigenvalue weighted by Gasteiger charge is -2.24. The highest BCUT2D eigenvalue weighted by molar-refractivity contribution is 5.94. The lowest BCUT2D eigenvalue weighted by molar-refractivity contribution is -0.125. The predicted molar refractivity (Wildman–Crippen MR) is 105 cm³/mol. The number of nitrogens with one attached hydrogen (secondary N) is 2. The summed E-state index contributed by atoms with van der Waals surface area (Å²) in [5.74, 6) is 0.400. The third-order valence-electron chi connectivity index (χ3n) is 5.39. The van der Waals surface area contributed by atoms with E-state index in [1.807, 2.05) is 39.0 Å². The number of carbonyl (C=O) groups excluding carboxylic acids is 2. The lowest BCUT2D eigenvalue weighted by atomic mass is 9.96. The molecule has 0 aliphatic heterocycles. The van der Waals surface area contributed by atoms with E-state index in [1.165, 1.54) is 25.7 Å². The highest BCUT2D eigenvalue weighted by Gasteiger charge is 2.23. The summed E-state index contributed by atoms with van der Waals surface area (Å²) in [6.07, 6.45) is 5.54. The molecule has 0 aromatic heterocycles. The summed E-state index contributed by atoms with van der Waals surface area (Å²) in [5, 5.41) is 6.01. The topological polar surface area (TPSA) is 84.2 Å². The average Bonchev–Trinajstić information content (AvgIpc) is 3.12. The van der Waals surface area contributed by atoms with Gasteiger partial charge in [0.15, 0.2) is 0 Å². The van der Waals surface area contributed by atoms with Crippen LogP contribution in [-0.4, -0.2) is 30.4 Å². The van der Waals surface area contributed by atoms with Crippen molar-refractivity contribution in [3.8, 4) is 0 Å². The standard InChI is InChI=1S/C21H33N3O2/c1-14-7-6-10-18(11-14)21(26)24-16(3)19(22)12-15(2)20(25)23-13-17-8-4-5-9-17/h6-7,10-11,15-17,19H,4-5,8-9,12-13,22H2,1-3H3,(H,23,25)(H,24,26). The SMILES string of the molecule is Cc1cccc(C(=O)NC(C)C(N)CC(C)C(=O)NCC2CCCC2)c1. The van der Waals surface area contributed by atoms with Crippen LogP contribution in [0.15, 0.2) is 24.3 Å². The second-order valence-electron chi connectivity index (χ2n) is 7.83. The number of carbonyl (C=O) groups is 2. The maximum absolute atomic E-state index is 12.3. The van der Waals surface area contributed by atoms with E-state index in [0.717, 1.165) is 12.1 Å². The van der Waals surface area contributed by atoms with E-state index in [2.05, 4.69) is 10.6 Å². The van der Waals surface area contributed by atoms with Gasteiger partial charge in [0.25, 0.3) is 5.91 Å². The number of hydrogen-bond donors (Lipinski definition) is 3. The number of benzene rings is 1. The molecule has 2 amide bonds. The monoisotopic (exact) mass is 359 g/mol. The van der Waals surface area contributed by atoms with Gasteiger partial charge in [-0.05, 0) is 51.2 Å². The minimum Gasteiger partial charge on any atom is -0.356 e. The van der Waals surface area contributed by atoms with Gasteiger partial charge in [-0.1, -0.05) is 37.5 Å². The zero-order valence-electron chi connectivity index (χ0n) is 16.3. The summed E-state index contributed by atoms with van der Waals surface area (Å²) >= 11 is 0. The molecule has 1 saturated carbocycles. The van der Waals surface area contributed by atoms with Gasteiger partial charge >= 0.3 is 0 Å². The molecule has 1 aromatic carbocycles. The molecule has 0 radical (unpaired) electrons. The Hall–Kier alpha value is -1.88. The zero-order chi connectivity index (χ0) is 19.1. The van der Waals surface area contributed by atoms with Crippen LogP contribution < -0.4 is 16.4 Å². The fourth-order valence-corrected chi connectivity index (χ4v) is 3.54. The molecular weight excluding hydrogens is 326 g/mol. The van der Waals surface area contributed by atoms with Crippen molar-refractivity contribution in [2.45, 2.75) is 65.0 Å². The van der Waals surface area contributed by atoms with Crippen molar-refractivity contribution in [2.24, 2.45) is 17.6 Å². The first-order valence-corrected chi connectivity index (χ1v) is 9.77. The van der Waals surface area contributed by atoms with Crippen molar-refractivity contribution < 1.29 is 9.59 Å². The molecule has 5 heteroatoms. The van der Waals surface area contributed by atoms with E-state index >= 15 is 0 Å². The van der Waals surface area contributed by atoms with E-state index in [0.29, 0.717) is 17.9 Å². The van der Waals surface area contributed by atoms with Gasteiger partial charge in [-0.15, -0.1) is 0 Å². The largest absolute Gasteiger partial charge is 0.356 e. The van der Waals surface area contributed by atoms with Crippen LogP contribution in [0.2, 0.25) is 0 Å². The van der Waals surface area contributed by atoms with Gasteiger partial charge in [0.05, 0.1) is 0 Å². The van der Waals surface area contributed by atoms with Crippen molar-refractivity contribution in [1.82, 2.24) is 10.6 Å². The van der Waals surface area contributed by atoms with Crippen LogP contribution >= 0.6 is 0 Å². The molecule has 0 spiro atoms. The fourth-order valence-electron chi connectivity index (χ4n) is 3.54. The van der Waals surface area contributed by atoms with Gasteiger partial charge < -0.3 is 16.4 Å². The first-order chi connectivity index (χ1) is 12.4. The summed E-state index contributed by atoms with van der Waals surface area (Å²) in [7, 11) is 0. The quantitative estimate of drug-likeness (QED) is 0.667. The van der Waals surface area contributed by atoms with Gasteiger partial charge in [0, 0.05) is 30.1 Å². The van der Waals surface area contributed by atoms with Crippen molar-refractivity contribution in [3.63, 3.8) is 0 Å². The minimum absolute atomic E-state index is 0.0598. The maximum Gasteiger partial charge on any atom is 0.251 e. The number of aryl methyl sites for hydroxylation is 1. The fraction of sp³-hybridized carbons (Fsp3) is 0.619. The molecule has 2 rings (SSSR count). The van der Waals surface area contributed by atoms with Crippen molar-refractivity contribution >= 4 is 11.8 Å². The maximum atomic E-state index is 12.3. The molecule has 0 heterocycles. The molecule has 1 aliphatic carbocycles. The highest BCUT2D eigenvalue weighted by Crippen LogP contribution is 2.23. The van der Waals surface area contributed by atoms with Gasteiger partial charge in [-0.25, -0.2) is 0 Å². The summed E-state index contributed by atoms with van der Waals surface area (Å²) in [6, 6.07) is 7.00. The smallest absolute Gasteiger partial charge is 0.251 e. The van der Waals surface area contributed by atoms with Crippen LogP contribution in [-0.2, 0) is 4.79 Å². The molecule has 0 bridgehead atoms. The Morgan fingerprint density at radius 1 is 1.23 bits per heavy atom. The minimum atomic E-state index is -0.268. The van der Waals surface area contributed by atoms with E-state index in [4.69, 9.17) is 5.73 Å². The van der Waals surface area contributed by atoms with Gasteiger partial charge in [-0.3, -0.25) is 9.59 Å². The Morgan fingerprint density at radius 2 is 1.92 bits per heavy atom. The van der Waals surface area contributed by atoms with Gasteiger partial charge in [-0.2, -0.15) is 0 Å². The normalized spacial score (nSPS) is 18.2. The molecule has 3 unspecified atom stereocenters. The van der Waals surface area contributed by atoms with E-state index in [1.54, 1.807) is 6.07 Å². The molecule has 144 valence electrons. The van der Waals surface area contributed by atoms with Crippen molar-refractivity contribution in [3.05, 3.63) is 35.4 Å². The third kappa shape index (κ3) is 6.13. The molecule has 26 heavy (non-hydrogen) atoms. The number of hydrogen-bond acceptors (Lipinski definition) is 3. The average molecular weight is 360 g/mol. The Bertz CT molecular complexity index is 611. The van der Waals surface area contributed by atoms with Gasteiger partial charge in [0.2, 0.25) is 5.91 Å². The molecular formula is C21H33N3O2. The molecule has 1 aromatic rings. The second-order valence-corrected chi connectivity index (χ2v) is 7.83. The Labute approximate surface area is 157 Å². The molecule has 1 fully saturated rings.